The van der Waals surface area contributed by atoms with Crippen LogP contribution in [0.25, 0.3) is 0 Å². The van der Waals surface area contributed by atoms with Crippen LogP contribution < -0.4 is 10.6 Å². The Morgan fingerprint density at radius 2 is 2.00 bits per heavy atom. The minimum absolute atomic E-state index is 0.0540. The van der Waals surface area contributed by atoms with Crippen LogP contribution in [0, 0.1) is 5.82 Å². The van der Waals surface area contributed by atoms with Gasteiger partial charge in [0.2, 0.25) is 0 Å². The van der Waals surface area contributed by atoms with E-state index in [2.05, 4.69) is 15.6 Å². The minimum atomic E-state index is -4.61. The van der Waals surface area contributed by atoms with Crippen molar-refractivity contribution in [2.75, 3.05) is 26.8 Å². The van der Waals surface area contributed by atoms with E-state index in [1.807, 2.05) is 6.92 Å². The van der Waals surface area contributed by atoms with Crippen LogP contribution in [0.5, 0.6) is 0 Å². The number of guanidine groups is 1. The molecule has 0 aromatic heterocycles. The topological polar surface area (TPSA) is 45.6 Å². The molecule has 0 spiro atoms. The number of nitrogens with one attached hydrogen (secondary N) is 2. The van der Waals surface area contributed by atoms with E-state index in [0.29, 0.717) is 31.8 Å². The summed E-state index contributed by atoms with van der Waals surface area (Å²) in [6, 6.07) is 2.60. The number of hydrogen-bond donors (Lipinski definition) is 2. The van der Waals surface area contributed by atoms with Crippen molar-refractivity contribution in [1.82, 2.24) is 10.6 Å². The van der Waals surface area contributed by atoms with Gasteiger partial charge in [0, 0.05) is 26.7 Å². The largest absolute Gasteiger partial charge is 0.416 e. The van der Waals surface area contributed by atoms with Crippen molar-refractivity contribution < 1.29 is 22.3 Å². The van der Waals surface area contributed by atoms with E-state index in [9.17, 15) is 17.6 Å². The normalized spacial score (nSPS) is 12.4. The smallest absolute Gasteiger partial charge is 0.380 e. The van der Waals surface area contributed by atoms with Crippen LogP contribution in [0.1, 0.15) is 18.1 Å². The first kappa shape index (κ1) is 18.2. The summed E-state index contributed by atoms with van der Waals surface area (Å²) in [5.74, 6) is -0.576. The first-order valence-electron chi connectivity index (χ1n) is 6.76. The molecule has 22 heavy (non-hydrogen) atoms. The third-order valence-corrected chi connectivity index (χ3v) is 2.79. The molecule has 0 atom stereocenters. The fourth-order valence-electron chi connectivity index (χ4n) is 1.75. The molecule has 0 aliphatic heterocycles. The van der Waals surface area contributed by atoms with Crippen molar-refractivity contribution in [1.29, 1.82) is 0 Å². The Bertz CT molecular complexity index is 503. The maximum Gasteiger partial charge on any atom is 0.416 e. The minimum Gasteiger partial charge on any atom is -0.380 e. The highest BCUT2D eigenvalue weighted by Gasteiger charge is 2.33. The summed E-state index contributed by atoms with van der Waals surface area (Å²) in [6.07, 6.45) is -4.61. The Morgan fingerprint density at radius 1 is 1.27 bits per heavy atom. The Labute approximate surface area is 126 Å². The lowest BCUT2D eigenvalue weighted by Gasteiger charge is -2.16. The van der Waals surface area contributed by atoms with E-state index in [-0.39, 0.29) is 12.1 Å². The number of benzene rings is 1. The molecule has 0 amide bonds. The van der Waals surface area contributed by atoms with E-state index in [0.717, 1.165) is 12.1 Å². The molecule has 1 rings (SSSR count). The standard InChI is InChI=1S/C14H19F4N3O/c1-3-22-7-6-20-13(19-2)21-9-10-4-5-11(15)8-12(10)14(16,17)18/h4-5,8H,3,6-7,9H2,1-2H3,(H2,19,20,21). The van der Waals surface area contributed by atoms with Crippen molar-refractivity contribution in [3.8, 4) is 0 Å². The molecule has 8 heteroatoms. The monoisotopic (exact) mass is 321 g/mol. The molecular formula is C14H19F4N3O. The zero-order valence-electron chi connectivity index (χ0n) is 12.4. The van der Waals surface area contributed by atoms with E-state index in [4.69, 9.17) is 4.74 Å². The summed E-state index contributed by atoms with van der Waals surface area (Å²) in [6.45, 7) is 3.26. The van der Waals surface area contributed by atoms with Gasteiger partial charge in [0.25, 0.3) is 0 Å². The third-order valence-electron chi connectivity index (χ3n) is 2.79. The number of aliphatic imine (C=N–C) groups is 1. The second-order valence-electron chi connectivity index (χ2n) is 4.35. The number of rotatable bonds is 6. The highest BCUT2D eigenvalue weighted by atomic mass is 19.4. The summed E-state index contributed by atoms with van der Waals surface area (Å²) in [7, 11) is 1.51. The van der Waals surface area contributed by atoms with E-state index < -0.39 is 17.6 Å². The molecule has 0 heterocycles. The van der Waals surface area contributed by atoms with E-state index in [1.165, 1.54) is 7.05 Å². The second-order valence-corrected chi connectivity index (χ2v) is 4.35. The van der Waals surface area contributed by atoms with Crippen molar-refractivity contribution in [3.63, 3.8) is 0 Å². The molecule has 0 bridgehead atoms. The SMILES string of the molecule is CCOCCNC(=NC)NCc1ccc(F)cc1C(F)(F)F. The highest BCUT2D eigenvalue weighted by Crippen LogP contribution is 2.32. The molecule has 1 aromatic carbocycles. The van der Waals surface area contributed by atoms with Crippen molar-refractivity contribution >= 4 is 5.96 Å². The van der Waals surface area contributed by atoms with Crippen molar-refractivity contribution in [3.05, 3.63) is 35.1 Å². The van der Waals surface area contributed by atoms with Gasteiger partial charge in [-0.3, -0.25) is 4.99 Å². The van der Waals surface area contributed by atoms with E-state index >= 15 is 0 Å². The maximum atomic E-state index is 13.0. The molecular weight excluding hydrogens is 302 g/mol. The molecule has 0 saturated heterocycles. The van der Waals surface area contributed by atoms with Crippen LogP contribution in [0.3, 0.4) is 0 Å². The fourth-order valence-corrected chi connectivity index (χ4v) is 1.75. The Kier molecular flexibility index (Phi) is 7.10. The first-order valence-corrected chi connectivity index (χ1v) is 6.76. The van der Waals surface area contributed by atoms with Gasteiger partial charge < -0.3 is 15.4 Å². The number of halogens is 4. The van der Waals surface area contributed by atoms with Gasteiger partial charge >= 0.3 is 6.18 Å². The van der Waals surface area contributed by atoms with Crippen molar-refractivity contribution in [2.24, 2.45) is 4.99 Å². The lowest BCUT2D eigenvalue weighted by molar-refractivity contribution is -0.138. The Morgan fingerprint density at radius 3 is 2.59 bits per heavy atom. The first-order chi connectivity index (χ1) is 10.4. The second kappa shape index (κ2) is 8.57. The zero-order chi connectivity index (χ0) is 16.6. The number of ether oxygens (including phenoxy) is 1. The molecule has 0 aliphatic carbocycles. The van der Waals surface area contributed by atoms with E-state index in [1.54, 1.807) is 0 Å². The molecule has 124 valence electrons. The molecule has 1 aromatic rings. The van der Waals surface area contributed by atoms with Crippen molar-refractivity contribution in [2.45, 2.75) is 19.6 Å². The summed E-state index contributed by atoms with van der Waals surface area (Å²) in [5, 5.41) is 5.66. The number of nitrogens with zero attached hydrogens (tertiary/aromatic N) is 1. The Balaban J connectivity index is 2.67. The summed E-state index contributed by atoms with van der Waals surface area (Å²) >= 11 is 0. The predicted octanol–water partition coefficient (Wildman–Crippen LogP) is 2.55. The van der Waals surface area contributed by atoms with Crippen LogP contribution in [0.4, 0.5) is 17.6 Å². The van der Waals surface area contributed by atoms with Gasteiger partial charge in [-0.2, -0.15) is 13.2 Å². The predicted molar refractivity (Wildman–Crippen MR) is 76.1 cm³/mol. The van der Waals surface area contributed by atoms with Crippen LogP contribution in [0.2, 0.25) is 0 Å². The highest BCUT2D eigenvalue weighted by molar-refractivity contribution is 5.79. The zero-order valence-corrected chi connectivity index (χ0v) is 12.4. The van der Waals surface area contributed by atoms with Gasteiger partial charge in [0.1, 0.15) is 5.82 Å². The summed E-state index contributed by atoms with van der Waals surface area (Å²) in [5.41, 5.74) is -1.05. The molecule has 0 radical (unpaired) electrons. The van der Waals surface area contributed by atoms with Crippen LogP contribution in [0.15, 0.2) is 23.2 Å². The van der Waals surface area contributed by atoms with Crippen LogP contribution >= 0.6 is 0 Å². The quantitative estimate of drug-likeness (QED) is 0.366. The molecule has 0 fully saturated rings. The van der Waals surface area contributed by atoms with Gasteiger partial charge in [0.15, 0.2) is 5.96 Å². The van der Waals surface area contributed by atoms with Gasteiger partial charge in [-0.15, -0.1) is 0 Å². The van der Waals surface area contributed by atoms with Gasteiger partial charge in [-0.1, -0.05) is 6.07 Å². The molecule has 0 unspecified atom stereocenters. The lowest BCUT2D eigenvalue weighted by atomic mass is 10.1. The summed E-state index contributed by atoms with van der Waals surface area (Å²) < 4.78 is 56.7. The van der Waals surface area contributed by atoms with Crippen LogP contribution in [-0.2, 0) is 17.5 Å². The molecule has 2 N–H and O–H groups in total. The van der Waals surface area contributed by atoms with Gasteiger partial charge in [-0.25, -0.2) is 4.39 Å². The summed E-state index contributed by atoms with van der Waals surface area (Å²) in [4.78, 5) is 3.89. The average Bonchev–Trinajstić information content (AvgIpc) is 2.46. The molecule has 0 aliphatic rings. The maximum absolute atomic E-state index is 13.0. The van der Waals surface area contributed by atoms with Crippen LogP contribution in [-0.4, -0.2) is 32.8 Å². The lowest BCUT2D eigenvalue weighted by Crippen LogP contribution is -2.38. The number of alkyl halides is 3. The van der Waals surface area contributed by atoms with Gasteiger partial charge in [0.05, 0.1) is 12.2 Å². The molecule has 0 saturated carbocycles. The molecule has 4 nitrogen and oxygen atoms in total. The third kappa shape index (κ3) is 5.88. The van der Waals surface area contributed by atoms with Gasteiger partial charge in [-0.05, 0) is 24.6 Å². The Hall–Kier alpha value is -1.83. The fraction of sp³-hybridized carbons (Fsp3) is 0.500. The average molecular weight is 321 g/mol. The number of hydrogen-bond acceptors (Lipinski definition) is 2.